The predicted molar refractivity (Wildman–Crippen MR) is 65.0 cm³/mol. The van der Waals surface area contributed by atoms with Crippen LogP contribution in [0.15, 0.2) is 16.5 Å². The molecule has 0 aliphatic rings. The Morgan fingerprint density at radius 3 is 2.72 bits per heavy atom. The molecular formula is C12H18N2O4. The van der Waals surface area contributed by atoms with Gasteiger partial charge >= 0.3 is 5.97 Å². The van der Waals surface area contributed by atoms with Crippen molar-refractivity contribution in [2.24, 2.45) is 0 Å². The first-order chi connectivity index (χ1) is 8.52. The first kappa shape index (κ1) is 14.2. The molecule has 100 valence electrons. The average Bonchev–Trinajstić information content (AvgIpc) is 2.75. The normalized spacial score (nSPS) is 10.4. The number of hydrogen-bond donors (Lipinski definition) is 2. The summed E-state index contributed by atoms with van der Waals surface area (Å²) in [7, 11) is 1.29. The number of carbonyl (C=O) groups is 2. The molecule has 0 aliphatic carbocycles. The Morgan fingerprint density at radius 2 is 2.11 bits per heavy atom. The second-order valence-corrected chi connectivity index (χ2v) is 4.08. The highest BCUT2D eigenvalue weighted by molar-refractivity contribution is 5.86. The summed E-state index contributed by atoms with van der Waals surface area (Å²) >= 11 is 0. The van der Waals surface area contributed by atoms with E-state index >= 15 is 0 Å². The Kier molecular flexibility index (Phi) is 5.38. The number of nitrogens with one attached hydrogen (secondary N) is 2. The molecule has 6 nitrogen and oxygen atoms in total. The lowest BCUT2D eigenvalue weighted by Gasteiger charge is -2.08. The molecule has 1 heterocycles. The lowest BCUT2D eigenvalue weighted by Crippen LogP contribution is -2.37. The maximum absolute atomic E-state index is 11.3. The molecule has 0 spiro atoms. The summed E-state index contributed by atoms with van der Waals surface area (Å²) in [5.74, 6) is 0.136. The molecule has 1 amide bonds. The van der Waals surface area contributed by atoms with E-state index in [4.69, 9.17) is 4.42 Å². The highest BCUT2D eigenvalue weighted by Gasteiger charge is 2.11. The standard InChI is InChI=1S/C12H18N2O4/c1-8(2)14-11(15)7-13-6-9-4-5-10(18-9)12(16)17-3/h4-5,8,13H,6-7H2,1-3H3,(H,14,15). The largest absolute Gasteiger partial charge is 0.463 e. The molecule has 0 aromatic carbocycles. The van der Waals surface area contributed by atoms with Gasteiger partial charge in [0, 0.05) is 6.04 Å². The van der Waals surface area contributed by atoms with Crippen molar-refractivity contribution < 1.29 is 18.7 Å². The molecule has 1 aromatic rings. The highest BCUT2D eigenvalue weighted by atomic mass is 16.5. The van der Waals surface area contributed by atoms with E-state index in [0.29, 0.717) is 12.3 Å². The molecule has 0 unspecified atom stereocenters. The van der Waals surface area contributed by atoms with Crippen LogP contribution in [-0.4, -0.2) is 31.6 Å². The third-order valence-corrected chi connectivity index (χ3v) is 2.08. The zero-order chi connectivity index (χ0) is 13.5. The quantitative estimate of drug-likeness (QED) is 0.730. The number of carbonyl (C=O) groups excluding carboxylic acids is 2. The van der Waals surface area contributed by atoms with Crippen LogP contribution in [0.4, 0.5) is 0 Å². The smallest absolute Gasteiger partial charge is 0.373 e. The summed E-state index contributed by atoms with van der Waals surface area (Å²) in [6.45, 7) is 4.37. The fraction of sp³-hybridized carbons (Fsp3) is 0.500. The highest BCUT2D eigenvalue weighted by Crippen LogP contribution is 2.08. The van der Waals surface area contributed by atoms with Gasteiger partial charge in [-0.05, 0) is 26.0 Å². The van der Waals surface area contributed by atoms with Crippen LogP contribution in [0.25, 0.3) is 0 Å². The molecule has 0 bridgehead atoms. The minimum Gasteiger partial charge on any atom is -0.463 e. The molecule has 6 heteroatoms. The van der Waals surface area contributed by atoms with Gasteiger partial charge in [0.2, 0.25) is 11.7 Å². The molecule has 1 aromatic heterocycles. The van der Waals surface area contributed by atoms with Crippen LogP contribution >= 0.6 is 0 Å². The Morgan fingerprint density at radius 1 is 1.39 bits per heavy atom. The summed E-state index contributed by atoms with van der Waals surface area (Å²) in [5.41, 5.74) is 0. The number of furan rings is 1. The van der Waals surface area contributed by atoms with Crippen molar-refractivity contribution >= 4 is 11.9 Å². The molecule has 18 heavy (non-hydrogen) atoms. The van der Waals surface area contributed by atoms with Crippen molar-refractivity contribution in [1.82, 2.24) is 10.6 Å². The van der Waals surface area contributed by atoms with Gasteiger partial charge < -0.3 is 19.8 Å². The molecule has 0 saturated carbocycles. The van der Waals surface area contributed by atoms with Gasteiger partial charge in [-0.1, -0.05) is 0 Å². The fourth-order valence-corrected chi connectivity index (χ4v) is 1.36. The number of rotatable bonds is 6. The van der Waals surface area contributed by atoms with Crippen LogP contribution in [0.2, 0.25) is 0 Å². The first-order valence-corrected chi connectivity index (χ1v) is 5.70. The molecule has 0 saturated heterocycles. The van der Waals surface area contributed by atoms with Crippen LogP contribution in [0, 0.1) is 0 Å². The molecule has 0 radical (unpaired) electrons. The zero-order valence-electron chi connectivity index (χ0n) is 10.8. The number of esters is 1. The molecule has 0 aliphatic heterocycles. The summed E-state index contributed by atoms with van der Waals surface area (Å²) < 4.78 is 9.75. The van der Waals surface area contributed by atoms with Gasteiger partial charge in [-0.2, -0.15) is 0 Å². The van der Waals surface area contributed by atoms with Crippen molar-refractivity contribution in [3.8, 4) is 0 Å². The predicted octanol–water partition coefficient (Wildman–Crippen LogP) is 0.680. The van der Waals surface area contributed by atoms with Gasteiger partial charge in [0.1, 0.15) is 5.76 Å². The SMILES string of the molecule is COC(=O)c1ccc(CNCC(=O)NC(C)C)o1. The van der Waals surface area contributed by atoms with Gasteiger partial charge in [-0.3, -0.25) is 4.79 Å². The minimum atomic E-state index is -0.515. The number of methoxy groups -OCH3 is 1. The van der Waals surface area contributed by atoms with Crippen molar-refractivity contribution in [2.45, 2.75) is 26.4 Å². The van der Waals surface area contributed by atoms with E-state index in [1.54, 1.807) is 6.07 Å². The molecule has 1 rings (SSSR count). The van der Waals surface area contributed by atoms with Crippen molar-refractivity contribution in [3.63, 3.8) is 0 Å². The Hall–Kier alpha value is -1.82. The summed E-state index contributed by atoms with van der Waals surface area (Å²) in [5, 5.41) is 5.67. The van der Waals surface area contributed by atoms with Crippen LogP contribution < -0.4 is 10.6 Å². The molecule has 2 N–H and O–H groups in total. The molecule has 0 atom stereocenters. The third-order valence-electron chi connectivity index (χ3n) is 2.08. The lowest BCUT2D eigenvalue weighted by molar-refractivity contribution is -0.120. The van der Waals surface area contributed by atoms with E-state index in [0.717, 1.165) is 0 Å². The monoisotopic (exact) mass is 254 g/mol. The number of hydrogen-bond acceptors (Lipinski definition) is 5. The van der Waals surface area contributed by atoms with Crippen LogP contribution in [-0.2, 0) is 16.1 Å². The topological polar surface area (TPSA) is 80.6 Å². The maximum atomic E-state index is 11.3. The zero-order valence-corrected chi connectivity index (χ0v) is 10.8. The summed E-state index contributed by atoms with van der Waals surface area (Å²) in [6.07, 6.45) is 0. The molecular weight excluding hydrogens is 236 g/mol. The van der Waals surface area contributed by atoms with E-state index in [2.05, 4.69) is 15.4 Å². The maximum Gasteiger partial charge on any atom is 0.373 e. The van der Waals surface area contributed by atoms with E-state index in [1.165, 1.54) is 13.2 Å². The van der Waals surface area contributed by atoms with Gasteiger partial charge in [0.05, 0.1) is 20.2 Å². The third kappa shape index (κ3) is 4.58. The van der Waals surface area contributed by atoms with Crippen LogP contribution in [0.3, 0.4) is 0 Å². The van der Waals surface area contributed by atoms with E-state index < -0.39 is 5.97 Å². The number of amides is 1. The summed E-state index contributed by atoms with van der Waals surface area (Å²) in [4.78, 5) is 22.5. The van der Waals surface area contributed by atoms with E-state index in [9.17, 15) is 9.59 Å². The lowest BCUT2D eigenvalue weighted by atomic mass is 10.4. The van der Waals surface area contributed by atoms with Crippen molar-refractivity contribution in [1.29, 1.82) is 0 Å². The van der Waals surface area contributed by atoms with Gasteiger partial charge in [0.15, 0.2) is 0 Å². The fourth-order valence-electron chi connectivity index (χ4n) is 1.36. The minimum absolute atomic E-state index is 0.0789. The van der Waals surface area contributed by atoms with Crippen molar-refractivity contribution in [2.75, 3.05) is 13.7 Å². The van der Waals surface area contributed by atoms with Gasteiger partial charge in [-0.15, -0.1) is 0 Å². The second kappa shape index (κ2) is 6.80. The van der Waals surface area contributed by atoms with Crippen molar-refractivity contribution in [3.05, 3.63) is 23.7 Å². The summed E-state index contributed by atoms with van der Waals surface area (Å²) in [6, 6.07) is 3.32. The van der Waals surface area contributed by atoms with Gasteiger partial charge in [-0.25, -0.2) is 4.79 Å². The van der Waals surface area contributed by atoms with E-state index in [-0.39, 0.29) is 24.3 Å². The Bertz CT molecular complexity index is 412. The average molecular weight is 254 g/mol. The van der Waals surface area contributed by atoms with E-state index in [1.807, 2.05) is 13.8 Å². The molecule has 0 fully saturated rings. The number of ether oxygens (including phenoxy) is 1. The second-order valence-electron chi connectivity index (χ2n) is 4.08. The Labute approximate surface area is 106 Å². The first-order valence-electron chi connectivity index (χ1n) is 5.70. The van der Waals surface area contributed by atoms with Gasteiger partial charge in [0.25, 0.3) is 0 Å². The Balaban J connectivity index is 2.33. The van der Waals surface area contributed by atoms with Crippen LogP contribution in [0.1, 0.15) is 30.2 Å². The van der Waals surface area contributed by atoms with Crippen LogP contribution in [0.5, 0.6) is 0 Å².